The summed E-state index contributed by atoms with van der Waals surface area (Å²) in [6, 6.07) is 13.2. The highest BCUT2D eigenvalue weighted by atomic mass is 32.2. The Labute approximate surface area is 195 Å². The Morgan fingerprint density at radius 2 is 1.48 bits per heavy atom. The highest BCUT2D eigenvalue weighted by Gasteiger charge is 2.26. The van der Waals surface area contributed by atoms with Crippen LogP contribution in [0.4, 0.5) is 0 Å². The number of amides is 2. The number of phenolic OH excluding ortho intramolecular Hbond substituents is 1. The van der Waals surface area contributed by atoms with Gasteiger partial charge in [0.15, 0.2) is 0 Å². The van der Waals surface area contributed by atoms with E-state index in [2.05, 4.69) is 0 Å². The highest BCUT2D eigenvalue weighted by Crippen LogP contribution is 2.20. The summed E-state index contributed by atoms with van der Waals surface area (Å²) < 4.78 is 26.6. The van der Waals surface area contributed by atoms with Crippen molar-refractivity contribution < 1.29 is 23.1 Å². The molecule has 1 saturated heterocycles. The van der Waals surface area contributed by atoms with Gasteiger partial charge in [0.2, 0.25) is 15.9 Å². The van der Waals surface area contributed by atoms with Gasteiger partial charge >= 0.3 is 0 Å². The molecular formula is C24H31N3O5S. The molecule has 1 heterocycles. The molecule has 0 bridgehead atoms. The van der Waals surface area contributed by atoms with Crippen molar-refractivity contribution in [2.24, 2.45) is 0 Å². The first-order valence-electron chi connectivity index (χ1n) is 11.2. The van der Waals surface area contributed by atoms with Gasteiger partial charge in [-0.25, -0.2) is 8.42 Å². The standard InChI is InChI=1S/C24H31N3O5S/c1-3-27(4-2)33(31,32)20-12-9-19(10-13-20)11-14-23(29)25-15-17-26(18-16-25)24(30)21-7-5-6-8-22(21)28/h5-10,12-13,28H,3-4,11,14-18H2,1-2H3. The maximum absolute atomic E-state index is 12.6. The average molecular weight is 474 g/mol. The van der Waals surface area contributed by atoms with Crippen LogP contribution in [0.2, 0.25) is 0 Å². The second kappa shape index (κ2) is 10.8. The fourth-order valence-corrected chi connectivity index (χ4v) is 5.39. The van der Waals surface area contributed by atoms with Crippen molar-refractivity contribution in [2.45, 2.75) is 31.6 Å². The van der Waals surface area contributed by atoms with E-state index in [1.54, 1.807) is 52.3 Å². The summed E-state index contributed by atoms with van der Waals surface area (Å²) in [6.07, 6.45) is 0.830. The molecule has 1 aliphatic rings. The molecule has 1 aliphatic heterocycles. The predicted molar refractivity (Wildman–Crippen MR) is 125 cm³/mol. The van der Waals surface area contributed by atoms with E-state index in [0.29, 0.717) is 52.1 Å². The zero-order chi connectivity index (χ0) is 24.0. The average Bonchev–Trinajstić information content (AvgIpc) is 2.83. The summed E-state index contributed by atoms with van der Waals surface area (Å²) >= 11 is 0. The van der Waals surface area contributed by atoms with Gasteiger partial charge in [-0.3, -0.25) is 9.59 Å². The van der Waals surface area contributed by atoms with Crippen LogP contribution in [-0.2, 0) is 21.2 Å². The molecular weight excluding hydrogens is 442 g/mol. The lowest BCUT2D eigenvalue weighted by Gasteiger charge is -2.35. The van der Waals surface area contributed by atoms with Crippen LogP contribution in [0.3, 0.4) is 0 Å². The van der Waals surface area contributed by atoms with E-state index in [9.17, 15) is 23.1 Å². The molecule has 3 rings (SSSR count). The van der Waals surface area contributed by atoms with Crippen molar-refractivity contribution in [1.82, 2.24) is 14.1 Å². The van der Waals surface area contributed by atoms with E-state index in [1.165, 1.54) is 10.4 Å². The molecule has 9 heteroatoms. The van der Waals surface area contributed by atoms with E-state index >= 15 is 0 Å². The third-order valence-corrected chi connectivity index (χ3v) is 8.01. The van der Waals surface area contributed by atoms with E-state index in [0.717, 1.165) is 5.56 Å². The minimum Gasteiger partial charge on any atom is -0.507 e. The molecule has 1 N–H and O–H groups in total. The highest BCUT2D eigenvalue weighted by molar-refractivity contribution is 7.89. The summed E-state index contributed by atoms with van der Waals surface area (Å²) in [5.41, 5.74) is 1.17. The van der Waals surface area contributed by atoms with Gasteiger partial charge in [-0.15, -0.1) is 0 Å². The van der Waals surface area contributed by atoms with E-state index < -0.39 is 10.0 Å². The maximum Gasteiger partial charge on any atom is 0.257 e. The largest absolute Gasteiger partial charge is 0.507 e. The van der Waals surface area contributed by atoms with Crippen LogP contribution in [0.25, 0.3) is 0 Å². The molecule has 1 fully saturated rings. The lowest BCUT2D eigenvalue weighted by molar-refractivity contribution is -0.132. The van der Waals surface area contributed by atoms with E-state index in [1.807, 2.05) is 13.8 Å². The fraction of sp³-hybridized carbons (Fsp3) is 0.417. The number of aromatic hydroxyl groups is 1. The smallest absolute Gasteiger partial charge is 0.257 e. The second-order valence-corrected chi connectivity index (χ2v) is 9.86. The monoisotopic (exact) mass is 473 g/mol. The number of benzene rings is 2. The molecule has 0 saturated carbocycles. The number of nitrogens with zero attached hydrogens (tertiary/aromatic N) is 3. The number of hydrogen-bond acceptors (Lipinski definition) is 5. The number of sulfonamides is 1. The first-order valence-corrected chi connectivity index (χ1v) is 12.7. The third kappa shape index (κ3) is 5.72. The van der Waals surface area contributed by atoms with Crippen LogP contribution in [0.5, 0.6) is 5.75 Å². The molecule has 0 atom stereocenters. The molecule has 2 amide bonds. The minimum absolute atomic E-state index is 0.00416. The van der Waals surface area contributed by atoms with Crippen molar-refractivity contribution in [3.05, 3.63) is 59.7 Å². The quantitative estimate of drug-likeness (QED) is 0.635. The van der Waals surface area contributed by atoms with Crippen molar-refractivity contribution in [3.63, 3.8) is 0 Å². The number of aryl methyl sites for hydroxylation is 1. The Balaban J connectivity index is 1.51. The maximum atomic E-state index is 12.6. The van der Waals surface area contributed by atoms with E-state index in [-0.39, 0.29) is 28.0 Å². The van der Waals surface area contributed by atoms with Gasteiger partial charge in [-0.2, -0.15) is 4.31 Å². The number of hydrogen-bond donors (Lipinski definition) is 1. The summed E-state index contributed by atoms with van der Waals surface area (Å²) in [5.74, 6) is -0.277. The molecule has 0 aromatic heterocycles. The van der Waals surface area contributed by atoms with Crippen LogP contribution in [0.15, 0.2) is 53.4 Å². The van der Waals surface area contributed by atoms with Crippen molar-refractivity contribution in [3.8, 4) is 5.75 Å². The van der Waals surface area contributed by atoms with Crippen molar-refractivity contribution >= 4 is 21.8 Å². The summed E-state index contributed by atoms with van der Waals surface area (Å²) in [6.45, 7) is 6.16. The minimum atomic E-state index is -3.49. The Morgan fingerprint density at radius 1 is 0.909 bits per heavy atom. The summed E-state index contributed by atoms with van der Waals surface area (Å²) in [5, 5.41) is 9.90. The molecule has 33 heavy (non-hydrogen) atoms. The van der Waals surface area contributed by atoms with Crippen molar-refractivity contribution in [1.29, 1.82) is 0 Å². The Bertz CT molecular complexity index is 1070. The predicted octanol–water partition coefficient (Wildman–Crippen LogP) is 2.34. The number of carbonyl (C=O) groups excluding carboxylic acids is 2. The summed E-state index contributed by atoms with van der Waals surface area (Å²) in [4.78, 5) is 28.9. The van der Waals surface area contributed by atoms with Crippen LogP contribution >= 0.6 is 0 Å². The zero-order valence-corrected chi connectivity index (χ0v) is 19.9. The normalized spacial score (nSPS) is 14.5. The molecule has 0 spiro atoms. The van der Waals surface area contributed by atoms with Gasteiger partial charge in [0.1, 0.15) is 5.75 Å². The lowest BCUT2D eigenvalue weighted by Crippen LogP contribution is -2.50. The molecule has 178 valence electrons. The number of rotatable bonds is 8. The van der Waals surface area contributed by atoms with Gasteiger partial charge in [0.25, 0.3) is 5.91 Å². The first-order chi connectivity index (χ1) is 15.8. The van der Waals surface area contributed by atoms with Gasteiger partial charge < -0.3 is 14.9 Å². The van der Waals surface area contributed by atoms with Gasteiger partial charge in [-0.1, -0.05) is 38.1 Å². The second-order valence-electron chi connectivity index (χ2n) is 7.92. The van der Waals surface area contributed by atoms with Gasteiger partial charge in [0, 0.05) is 45.7 Å². The van der Waals surface area contributed by atoms with Crippen LogP contribution in [-0.4, -0.2) is 78.7 Å². The Morgan fingerprint density at radius 3 is 2.06 bits per heavy atom. The number of piperazine rings is 1. The first kappa shape index (κ1) is 24.7. The van der Waals surface area contributed by atoms with Crippen molar-refractivity contribution in [2.75, 3.05) is 39.3 Å². The molecule has 0 aliphatic carbocycles. The lowest BCUT2D eigenvalue weighted by atomic mass is 10.1. The molecule has 8 nitrogen and oxygen atoms in total. The topological polar surface area (TPSA) is 98.2 Å². The van der Waals surface area contributed by atoms with Crippen LogP contribution in [0, 0.1) is 0 Å². The van der Waals surface area contributed by atoms with Gasteiger partial charge in [-0.05, 0) is 36.2 Å². The van der Waals surface area contributed by atoms with E-state index in [4.69, 9.17) is 0 Å². The SMILES string of the molecule is CCN(CC)S(=O)(=O)c1ccc(CCC(=O)N2CCN(C(=O)c3ccccc3O)CC2)cc1. The van der Waals surface area contributed by atoms with Crippen LogP contribution in [0.1, 0.15) is 36.2 Å². The Kier molecular flexibility index (Phi) is 8.10. The third-order valence-electron chi connectivity index (χ3n) is 5.95. The zero-order valence-electron chi connectivity index (χ0n) is 19.1. The summed E-state index contributed by atoms with van der Waals surface area (Å²) in [7, 11) is -3.49. The Hall–Kier alpha value is -2.91. The molecule has 0 unspecified atom stereocenters. The molecule has 2 aromatic carbocycles. The molecule has 0 radical (unpaired) electrons. The van der Waals surface area contributed by atoms with Crippen LogP contribution < -0.4 is 0 Å². The fourth-order valence-electron chi connectivity index (χ4n) is 3.93. The number of phenols is 1. The number of para-hydroxylation sites is 1. The molecule has 2 aromatic rings. The van der Waals surface area contributed by atoms with Gasteiger partial charge in [0.05, 0.1) is 10.5 Å². The number of carbonyl (C=O) groups is 2.